The Morgan fingerprint density at radius 2 is 1.48 bits per heavy atom. The topological polar surface area (TPSA) is 154 Å². The van der Waals surface area contributed by atoms with Crippen LogP contribution in [0.15, 0.2) is 89.8 Å². The Kier molecular flexibility index (Phi) is 12.1. The Hall–Kier alpha value is -3.77. The summed E-state index contributed by atoms with van der Waals surface area (Å²) in [5.74, 6) is -0.810. The lowest BCUT2D eigenvalue weighted by molar-refractivity contribution is -0.132. The summed E-state index contributed by atoms with van der Waals surface area (Å²) in [6.45, 7) is 9.35. The predicted molar refractivity (Wildman–Crippen MR) is 189 cm³/mol. The zero-order chi connectivity index (χ0) is 35.1. The zero-order valence-corrected chi connectivity index (χ0v) is 29.5. The highest BCUT2D eigenvalue weighted by atomic mass is 32.2. The van der Waals surface area contributed by atoms with Crippen LogP contribution in [0.4, 0.5) is 5.69 Å². The van der Waals surface area contributed by atoms with Gasteiger partial charge >= 0.3 is 0 Å². The van der Waals surface area contributed by atoms with Crippen LogP contribution in [0.25, 0.3) is 0 Å². The fourth-order valence-electron chi connectivity index (χ4n) is 5.81. The van der Waals surface area contributed by atoms with Gasteiger partial charge in [-0.3, -0.25) is 14.9 Å². The molecule has 48 heavy (non-hydrogen) atoms. The van der Waals surface area contributed by atoms with E-state index in [4.69, 9.17) is 5.73 Å². The van der Waals surface area contributed by atoms with Gasteiger partial charge in [-0.15, -0.1) is 0 Å². The lowest BCUT2D eigenvalue weighted by atomic mass is 9.85. The molecular formula is C37H51N5O5S. The molecule has 4 rings (SSSR count). The molecule has 2 amide bonds. The van der Waals surface area contributed by atoms with Crippen LogP contribution in [0.3, 0.4) is 0 Å². The van der Waals surface area contributed by atoms with Crippen LogP contribution in [0.1, 0.15) is 58.6 Å². The third kappa shape index (κ3) is 9.88. The number of rotatable bonds is 16. The number of carbonyl (C=O) groups excluding carboxylic acids is 2. The minimum absolute atomic E-state index is 0.0336. The highest BCUT2D eigenvalue weighted by Crippen LogP contribution is 2.45. The van der Waals surface area contributed by atoms with Crippen LogP contribution < -0.4 is 21.7 Å². The van der Waals surface area contributed by atoms with E-state index in [1.807, 2.05) is 95.3 Å². The first kappa shape index (κ1) is 37.1. The van der Waals surface area contributed by atoms with E-state index in [2.05, 4.69) is 16.0 Å². The van der Waals surface area contributed by atoms with Gasteiger partial charge in [0.15, 0.2) is 0 Å². The average molecular weight is 678 g/mol. The van der Waals surface area contributed by atoms with Crippen molar-refractivity contribution in [2.45, 2.75) is 82.5 Å². The number of sulfonamides is 1. The van der Waals surface area contributed by atoms with Gasteiger partial charge in [-0.1, -0.05) is 95.3 Å². The standard InChI is InChI=1S/C37H51N5O5S/c1-26(2)24-42(48(46,47)30-18-16-29(38)17-19-30)25-32(43)31(22-27-12-8-6-9-13-27)40-35(45)34(36(3,4)5)41-33(44)23-39-37(20-21-37)28-14-10-7-11-15-28/h6-19,26,31-32,34,39,43H,20-25,38H2,1-5H3,(H,40,45)(H,41,44)/t31-,32+,34?/m0/s1. The van der Waals surface area contributed by atoms with Crippen LogP contribution in [-0.2, 0) is 31.6 Å². The van der Waals surface area contributed by atoms with Crippen molar-refractivity contribution in [1.82, 2.24) is 20.3 Å². The van der Waals surface area contributed by atoms with Crippen LogP contribution in [0, 0.1) is 11.3 Å². The van der Waals surface area contributed by atoms with Crippen molar-refractivity contribution in [2.75, 3.05) is 25.4 Å². The second-order valence-corrected chi connectivity index (χ2v) is 16.3. The van der Waals surface area contributed by atoms with Gasteiger partial charge in [0.05, 0.1) is 23.6 Å². The number of anilines is 1. The summed E-state index contributed by atoms with van der Waals surface area (Å²) >= 11 is 0. The Labute approximate surface area is 285 Å². The molecule has 0 aliphatic heterocycles. The van der Waals surface area contributed by atoms with Crippen molar-refractivity contribution >= 4 is 27.5 Å². The monoisotopic (exact) mass is 677 g/mol. The summed E-state index contributed by atoms with van der Waals surface area (Å²) in [5, 5.41) is 21.0. The molecule has 0 spiro atoms. The van der Waals surface area contributed by atoms with Gasteiger partial charge in [0.2, 0.25) is 21.8 Å². The summed E-state index contributed by atoms with van der Waals surface area (Å²) in [7, 11) is -3.99. The van der Waals surface area contributed by atoms with Crippen molar-refractivity contribution in [3.8, 4) is 0 Å². The number of aliphatic hydroxyl groups excluding tert-OH is 1. The number of hydrogen-bond donors (Lipinski definition) is 5. The molecule has 0 saturated heterocycles. The minimum atomic E-state index is -3.99. The average Bonchev–Trinajstić information content (AvgIpc) is 3.83. The van der Waals surface area contributed by atoms with Gasteiger partial charge in [-0.05, 0) is 66.0 Å². The van der Waals surface area contributed by atoms with Gasteiger partial charge in [0.25, 0.3) is 0 Å². The number of nitrogens with one attached hydrogen (secondary N) is 3. The fraction of sp³-hybridized carbons (Fsp3) is 0.459. The van der Waals surface area contributed by atoms with Crippen molar-refractivity contribution in [3.63, 3.8) is 0 Å². The summed E-state index contributed by atoms with van der Waals surface area (Å²) in [4.78, 5) is 27.3. The fourth-order valence-corrected chi connectivity index (χ4v) is 7.43. The van der Waals surface area contributed by atoms with Crippen molar-refractivity contribution in [1.29, 1.82) is 0 Å². The Morgan fingerprint density at radius 3 is 2.02 bits per heavy atom. The number of nitrogens with two attached hydrogens (primary N) is 1. The molecule has 6 N–H and O–H groups in total. The van der Waals surface area contributed by atoms with E-state index in [0.29, 0.717) is 5.69 Å². The van der Waals surface area contributed by atoms with Crippen LogP contribution >= 0.6 is 0 Å². The van der Waals surface area contributed by atoms with E-state index in [-0.39, 0.29) is 48.3 Å². The summed E-state index contributed by atoms with van der Waals surface area (Å²) in [6, 6.07) is 23.6. The first-order valence-electron chi connectivity index (χ1n) is 16.6. The maximum atomic E-state index is 14.0. The Morgan fingerprint density at radius 1 is 0.896 bits per heavy atom. The molecule has 0 bridgehead atoms. The number of carbonyl (C=O) groups is 2. The molecule has 0 aromatic heterocycles. The Balaban J connectivity index is 1.52. The number of nitrogen functional groups attached to an aromatic ring is 1. The summed E-state index contributed by atoms with van der Waals surface area (Å²) < 4.78 is 28.7. The van der Waals surface area contributed by atoms with Crippen molar-refractivity contribution in [2.24, 2.45) is 11.3 Å². The molecule has 10 nitrogen and oxygen atoms in total. The highest BCUT2D eigenvalue weighted by Gasteiger charge is 2.44. The number of aliphatic hydroxyl groups is 1. The molecular weight excluding hydrogens is 627 g/mol. The molecule has 3 aromatic rings. The Bertz CT molecular complexity index is 1610. The molecule has 1 aliphatic carbocycles. The van der Waals surface area contributed by atoms with Gasteiger partial charge in [0, 0.05) is 24.3 Å². The van der Waals surface area contributed by atoms with Crippen LogP contribution in [-0.4, -0.2) is 67.5 Å². The molecule has 0 radical (unpaired) electrons. The van der Waals surface area contributed by atoms with Crippen molar-refractivity contribution in [3.05, 3.63) is 96.1 Å². The van der Waals surface area contributed by atoms with Crippen LogP contribution in [0.2, 0.25) is 0 Å². The SMILES string of the molecule is CC(C)CN(C[C@@H](O)[C@H](Cc1ccccc1)NC(=O)C(NC(=O)CNC1(c2ccccc2)CC1)C(C)(C)C)S(=O)(=O)c1ccc(N)cc1. The minimum Gasteiger partial charge on any atom is -0.399 e. The first-order chi connectivity index (χ1) is 22.6. The smallest absolute Gasteiger partial charge is 0.243 e. The third-order valence-electron chi connectivity index (χ3n) is 8.67. The molecule has 3 aromatic carbocycles. The zero-order valence-electron chi connectivity index (χ0n) is 28.6. The largest absolute Gasteiger partial charge is 0.399 e. The van der Waals surface area contributed by atoms with Crippen molar-refractivity contribution < 1.29 is 23.1 Å². The molecule has 3 atom stereocenters. The van der Waals surface area contributed by atoms with E-state index >= 15 is 0 Å². The normalized spacial score (nSPS) is 16.2. The molecule has 1 saturated carbocycles. The second-order valence-electron chi connectivity index (χ2n) is 14.3. The van der Waals surface area contributed by atoms with Gasteiger partial charge in [-0.2, -0.15) is 4.31 Å². The summed E-state index contributed by atoms with van der Waals surface area (Å²) in [6.07, 6.45) is 0.829. The van der Waals surface area contributed by atoms with E-state index in [0.717, 1.165) is 24.0 Å². The summed E-state index contributed by atoms with van der Waals surface area (Å²) in [5.41, 5.74) is 7.32. The van der Waals surface area contributed by atoms with Crippen LogP contribution in [0.5, 0.6) is 0 Å². The maximum Gasteiger partial charge on any atom is 0.243 e. The number of hydrogen-bond acceptors (Lipinski definition) is 7. The molecule has 11 heteroatoms. The number of amides is 2. The quantitative estimate of drug-likeness (QED) is 0.145. The lowest BCUT2D eigenvalue weighted by Crippen LogP contribution is -2.59. The highest BCUT2D eigenvalue weighted by molar-refractivity contribution is 7.89. The van der Waals surface area contributed by atoms with E-state index in [1.165, 1.54) is 28.6 Å². The predicted octanol–water partition coefficient (Wildman–Crippen LogP) is 3.81. The van der Waals surface area contributed by atoms with E-state index in [1.54, 1.807) is 0 Å². The molecule has 1 unspecified atom stereocenters. The number of nitrogens with zero attached hydrogens (tertiary/aromatic N) is 1. The molecule has 260 valence electrons. The maximum absolute atomic E-state index is 14.0. The third-order valence-corrected chi connectivity index (χ3v) is 10.5. The molecule has 1 aliphatic rings. The first-order valence-corrected chi connectivity index (χ1v) is 18.0. The van der Waals surface area contributed by atoms with E-state index < -0.39 is 39.5 Å². The van der Waals surface area contributed by atoms with E-state index in [9.17, 15) is 23.1 Å². The van der Waals surface area contributed by atoms with Gasteiger partial charge in [-0.25, -0.2) is 8.42 Å². The van der Waals surface area contributed by atoms with Gasteiger partial charge < -0.3 is 21.5 Å². The number of benzene rings is 3. The molecule has 0 heterocycles. The van der Waals surface area contributed by atoms with Gasteiger partial charge in [0.1, 0.15) is 6.04 Å². The second kappa shape index (κ2) is 15.6. The molecule has 1 fully saturated rings. The lowest BCUT2D eigenvalue weighted by Gasteiger charge is -2.34.